The third-order valence-electron chi connectivity index (χ3n) is 4.19. The van der Waals surface area contributed by atoms with E-state index in [2.05, 4.69) is 18.9 Å². The maximum atomic E-state index is 10.8. The van der Waals surface area contributed by atoms with Crippen LogP contribution < -0.4 is 0 Å². The molecule has 4 nitrogen and oxygen atoms in total. The Morgan fingerprint density at radius 2 is 2.11 bits per heavy atom. The molecular formula is C15H22N2O2. The summed E-state index contributed by atoms with van der Waals surface area (Å²) in [5.74, 6) is 0.720. The maximum absolute atomic E-state index is 10.8. The Labute approximate surface area is 114 Å². The number of rotatable bonds is 4. The largest absolute Gasteiger partial charge is 0.299 e. The molecule has 0 aliphatic heterocycles. The van der Waals surface area contributed by atoms with Gasteiger partial charge in [0.15, 0.2) is 0 Å². The van der Waals surface area contributed by atoms with Gasteiger partial charge >= 0.3 is 0 Å². The lowest BCUT2D eigenvalue weighted by atomic mass is 9.85. The van der Waals surface area contributed by atoms with E-state index in [0.717, 1.165) is 18.0 Å². The molecule has 0 radical (unpaired) electrons. The molecule has 104 valence electrons. The normalized spacial score (nSPS) is 23.5. The molecular weight excluding hydrogens is 240 g/mol. The van der Waals surface area contributed by atoms with Crippen LogP contribution >= 0.6 is 0 Å². The van der Waals surface area contributed by atoms with E-state index >= 15 is 0 Å². The summed E-state index contributed by atoms with van der Waals surface area (Å²) in [4.78, 5) is 12.8. The Morgan fingerprint density at radius 1 is 1.37 bits per heavy atom. The summed E-state index contributed by atoms with van der Waals surface area (Å²) in [6.07, 6.45) is 5.17. The lowest BCUT2D eigenvalue weighted by molar-refractivity contribution is -0.384. The summed E-state index contributed by atoms with van der Waals surface area (Å²) >= 11 is 0. The molecule has 0 heterocycles. The van der Waals surface area contributed by atoms with Crippen LogP contribution in [-0.4, -0.2) is 22.9 Å². The molecule has 4 heteroatoms. The lowest BCUT2D eigenvalue weighted by Gasteiger charge is -2.36. The molecule has 0 saturated heterocycles. The average Bonchev–Trinajstić information content (AvgIpc) is 2.39. The molecule has 19 heavy (non-hydrogen) atoms. The zero-order valence-electron chi connectivity index (χ0n) is 11.7. The number of nitrogens with zero attached hydrogens (tertiary/aromatic N) is 2. The van der Waals surface area contributed by atoms with Crippen molar-refractivity contribution in [1.29, 1.82) is 0 Å². The topological polar surface area (TPSA) is 46.4 Å². The van der Waals surface area contributed by atoms with Crippen molar-refractivity contribution in [3.05, 3.63) is 39.9 Å². The number of non-ortho nitro benzene ring substituents is 1. The third-order valence-corrected chi connectivity index (χ3v) is 4.19. The summed E-state index contributed by atoms with van der Waals surface area (Å²) in [6, 6.07) is 7.58. The van der Waals surface area contributed by atoms with Crippen molar-refractivity contribution in [3.63, 3.8) is 0 Å². The van der Waals surface area contributed by atoms with E-state index in [1.807, 2.05) is 6.07 Å². The van der Waals surface area contributed by atoms with Gasteiger partial charge in [0.2, 0.25) is 0 Å². The van der Waals surface area contributed by atoms with Crippen LogP contribution in [0, 0.1) is 16.0 Å². The van der Waals surface area contributed by atoms with Crippen LogP contribution in [0.1, 0.15) is 38.2 Å². The van der Waals surface area contributed by atoms with Gasteiger partial charge < -0.3 is 0 Å². The number of nitro benzene ring substituents is 1. The van der Waals surface area contributed by atoms with E-state index in [1.165, 1.54) is 25.7 Å². The minimum absolute atomic E-state index is 0.183. The summed E-state index contributed by atoms with van der Waals surface area (Å²) in [6.45, 7) is 3.10. The second-order valence-corrected chi connectivity index (χ2v) is 5.67. The predicted octanol–water partition coefficient (Wildman–Crippen LogP) is 3.61. The Morgan fingerprint density at radius 3 is 2.79 bits per heavy atom. The van der Waals surface area contributed by atoms with Gasteiger partial charge in [0.05, 0.1) is 4.92 Å². The van der Waals surface area contributed by atoms with Crippen LogP contribution in [0.25, 0.3) is 0 Å². The van der Waals surface area contributed by atoms with Crippen molar-refractivity contribution in [2.24, 2.45) is 5.92 Å². The molecule has 1 aliphatic rings. The maximum Gasteiger partial charge on any atom is 0.269 e. The molecule has 1 fully saturated rings. The fourth-order valence-corrected chi connectivity index (χ4v) is 3.13. The van der Waals surface area contributed by atoms with Gasteiger partial charge in [0.25, 0.3) is 5.69 Å². The van der Waals surface area contributed by atoms with E-state index in [1.54, 1.807) is 18.2 Å². The fourth-order valence-electron chi connectivity index (χ4n) is 3.13. The zero-order chi connectivity index (χ0) is 13.8. The van der Waals surface area contributed by atoms with Crippen molar-refractivity contribution in [1.82, 2.24) is 4.90 Å². The smallest absolute Gasteiger partial charge is 0.269 e. The van der Waals surface area contributed by atoms with Crippen molar-refractivity contribution in [2.75, 3.05) is 7.05 Å². The van der Waals surface area contributed by atoms with E-state index < -0.39 is 0 Å². The molecule has 0 spiro atoms. The van der Waals surface area contributed by atoms with Crippen LogP contribution in [0.5, 0.6) is 0 Å². The van der Waals surface area contributed by atoms with Crippen molar-refractivity contribution in [2.45, 2.75) is 45.2 Å². The van der Waals surface area contributed by atoms with Gasteiger partial charge in [0.1, 0.15) is 0 Å². The number of hydrogen-bond acceptors (Lipinski definition) is 3. The summed E-state index contributed by atoms with van der Waals surface area (Å²) in [5, 5.41) is 10.8. The lowest BCUT2D eigenvalue weighted by Crippen LogP contribution is -2.38. The monoisotopic (exact) mass is 262 g/mol. The van der Waals surface area contributed by atoms with Crippen LogP contribution in [-0.2, 0) is 6.54 Å². The molecule has 0 aromatic heterocycles. The molecule has 2 rings (SSSR count). The van der Waals surface area contributed by atoms with E-state index in [4.69, 9.17) is 0 Å². The summed E-state index contributed by atoms with van der Waals surface area (Å²) in [5.41, 5.74) is 1.21. The minimum atomic E-state index is -0.327. The van der Waals surface area contributed by atoms with Gasteiger partial charge in [-0.05, 0) is 31.4 Å². The highest BCUT2D eigenvalue weighted by atomic mass is 16.6. The molecule has 1 saturated carbocycles. The van der Waals surface area contributed by atoms with Crippen molar-refractivity contribution < 1.29 is 4.92 Å². The second kappa shape index (κ2) is 6.15. The van der Waals surface area contributed by atoms with Crippen LogP contribution in [0.2, 0.25) is 0 Å². The molecule has 0 amide bonds. The molecule has 2 atom stereocenters. The third kappa shape index (κ3) is 3.53. The molecule has 1 aliphatic carbocycles. The van der Waals surface area contributed by atoms with E-state index in [9.17, 15) is 10.1 Å². The standard InChI is InChI=1S/C15H22N2O2/c1-12-6-3-4-9-15(12)16(2)11-13-7-5-8-14(10-13)17(18)19/h5,7-8,10,12,15H,3-4,6,9,11H2,1-2H3. The van der Waals surface area contributed by atoms with E-state index in [-0.39, 0.29) is 10.6 Å². The highest BCUT2D eigenvalue weighted by Gasteiger charge is 2.24. The first-order valence-corrected chi connectivity index (χ1v) is 7.01. The van der Waals surface area contributed by atoms with Gasteiger partial charge in [-0.15, -0.1) is 0 Å². The minimum Gasteiger partial charge on any atom is -0.299 e. The second-order valence-electron chi connectivity index (χ2n) is 5.67. The SMILES string of the molecule is CC1CCCCC1N(C)Cc1cccc([N+](=O)[O-])c1. The quantitative estimate of drug-likeness (QED) is 0.615. The number of hydrogen-bond donors (Lipinski definition) is 0. The molecule has 1 aromatic rings. The van der Waals surface area contributed by atoms with Gasteiger partial charge in [-0.1, -0.05) is 31.9 Å². The predicted molar refractivity (Wildman–Crippen MR) is 76.0 cm³/mol. The van der Waals surface area contributed by atoms with Crippen molar-refractivity contribution in [3.8, 4) is 0 Å². The molecule has 1 aromatic carbocycles. The first-order valence-electron chi connectivity index (χ1n) is 7.01. The highest BCUT2D eigenvalue weighted by molar-refractivity contribution is 5.34. The van der Waals surface area contributed by atoms with Crippen LogP contribution in [0.3, 0.4) is 0 Å². The van der Waals surface area contributed by atoms with Crippen molar-refractivity contribution >= 4 is 5.69 Å². The molecule has 2 unspecified atom stereocenters. The Bertz CT molecular complexity index is 448. The van der Waals surface area contributed by atoms with Crippen LogP contribution in [0.15, 0.2) is 24.3 Å². The summed E-state index contributed by atoms with van der Waals surface area (Å²) < 4.78 is 0. The van der Waals surface area contributed by atoms with Gasteiger partial charge in [-0.2, -0.15) is 0 Å². The number of benzene rings is 1. The zero-order valence-corrected chi connectivity index (χ0v) is 11.7. The first-order chi connectivity index (χ1) is 9.08. The Kier molecular flexibility index (Phi) is 4.53. The fraction of sp³-hybridized carbons (Fsp3) is 0.600. The van der Waals surface area contributed by atoms with Gasteiger partial charge in [0, 0.05) is 24.7 Å². The molecule has 0 bridgehead atoms. The van der Waals surface area contributed by atoms with Gasteiger partial charge in [-0.25, -0.2) is 0 Å². The van der Waals surface area contributed by atoms with Crippen LogP contribution in [0.4, 0.5) is 5.69 Å². The van der Waals surface area contributed by atoms with E-state index in [0.29, 0.717) is 6.04 Å². The highest BCUT2D eigenvalue weighted by Crippen LogP contribution is 2.28. The number of nitro groups is 1. The first kappa shape index (κ1) is 14.0. The van der Waals surface area contributed by atoms with Gasteiger partial charge in [-0.3, -0.25) is 15.0 Å². The molecule has 0 N–H and O–H groups in total. The Balaban J connectivity index is 2.03. The average molecular weight is 262 g/mol. The summed E-state index contributed by atoms with van der Waals surface area (Å²) in [7, 11) is 2.13. The Hall–Kier alpha value is -1.42.